The molecular formula is C13H11BrN2O. The maximum absolute atomic E-state index is 9.28. The van der Waals surface area contributed by atoms with Crippen LogP contribution in [0, 0.1) is 28.6 Å². The second-order valence-corrected chi connectivity index (χ2v) is 4.88. The molecule has 0 fully saturated rings. The van der Waals surface area contributed by atoms with E-state index in [9.17, 15) is 5.26 Å². The van der Waals surface area contributed by atoms with Crippen molar-refractivity contribution in [1.82, 2.24) is 0 Å². The van der Waals surface area contributed by atoms with Crippen LogP contribution in [0.3, 0.4) is 0 Å². The molecule has 86 valence electrons. The van der Waals surface area contributed by atoms with E-state index in [1.165, 1.54) is 0 Å². The van der Waals surface area contributed by atoms with Crippen molar-refractivity contribution in [3.63, 3.8) is 0 Å². The van der Waals surface area contributed by atoms with Gasteiger partial charge in [-0.25, -0.2) is 0 Å². The van der Waals surface area contributed by atoms with Crippen molar-refractivity contribution in [2.75, 3.05) is 7.11 Å². The summed E-state index contributed by atoms with van der Waals surface area (Å²) in [5.41, 5.74) is 1.98. The van der Waals surface area contributed by atoms with E-state index in [0.29, 0.717) is 5.75 Å². The van der Waals surface area contributed by atoms with Crippen LogP contribution >= 0.6 is 15.9 Å². The molecule has 0 aromatic heterocycles. The van der Waals surface area contributed by atoms with Crippen molar-refractivity contribution < 1.29 is 4.74 Å². The quantitative estimate of drug-likeness (QED) is 0.798. The van der Waals surface area contributed by atoms with Crippen molar-refractivity contribution in [2.45, 2.75) is 18.8 Å². The van der Waals surface area contributed by atoms with Crippen LogP contribution in [0.2, 0.25) is 0 Å². The van der Waals surface area contributed by atoms with E-state index < -0.39 is 5.92 Å². The molecule has 0 spiro atoms. The summed E-state index contributed by atoms with van der Waals surface area (Å²) in [7, 11) is 1.59. The number of hydrogen-bond donors (Lipinski definition) is 0. The zero-order valence-corrected chi connectivity index (χ0v) is 11.0. The highest BCUT2D eigenvalue weighted by Gasteiger charge is 2.33. The van der Waals surface area contributed by atoms with Gasteiger partial charge in [0.25, 0.3) is 0 Å². The third-order valence-corrected chi connectivity index (χ3v) is 3.95. The summed E-state index contributed by atoms with van der Waals surface area (Å²) in [6.45, 7) is 0. The number of rotatable bonds is 1. The summed E-state index contributed by atoms with van der Waals surface area (Å²) in [5, 5.41) is 18.4. The van der Waals surface area contributed by atoms with E-state index in [1.807, 2.05) is 12.1 Å². The number of hydrogen-bond acceptors (Lipinski definition) is 3. The molecule has 1 aliphatic rings. The summed E-state index contributed by atoms with van der Waals surface area (Å²) in [6, 6.07) is 8.23. The fraction of sp³-hybridized carbons (Fsp3) is 0.385. The Labute approximate surface area is 109 Å². The maximum Gasteiger partial charge on any atom is 0.123 e. The van der Waals surface area contributed by atoms with Gasteiger partial charge in [0.1, 0.15) is 5.75 Å². The summed E-state index contributed by atoms with van der Waals surface area (Å²) < 4.78 is 6.30. The summed E-state index contributed by atoms with van der Waals surface area (Å²) in [5.74, 6) is 0.0709. The average molecular weight is 291 g/mol. The van der Waals surface area contributed by atoms with Crippen molar-refractivity contribution in [2.24, 2.45) is 5.92 Å². The van der Waals surface area contributed by atoms with Crippen molar-refractivity contribution in [3.8, 4) is 17.9 Å². The second kappa shape index (κ2) is 4.77. The minimum atomic E-state index is -0.392. The van der Waals surface area contributed by atoms with E-state index >= 15 is 0 Å². The van der Waals surface area contributed by atoms with Gasteiger partial charge < -0.3 is 4.74 Å². The van der Waals surface area contributed by atoms with Crippen LogP contribution < -0.4 is 4.74 Å². The lowest BCUT2D eigenvalue weighted by atomic mass is 9.76. The van der Waals surface area contributed by atoms with Crippen molar-refractivity contribution in [3.05, 3.63) is 27.7 Å². The lowest BCUT2D eigenvalue weighted by Crippen LogP contribution is -2.19. The van der Waals surface area contributed by atoms with E-state index in [4.69, 9.17) is 10.00 Å². The van der Waals surface area contributed by atoms with Crippen LogP contribution in [-0.4, -0.2) is 7.11 Å². The fourth-order valence-corrected chi connectivity index (χ4v) is 2.89. The predicted octanol–water partition coefficient (Wildman–Crippen LogP) is 3.15. The molecule has 17 heavy (non-hydrogen) atoms. The Hall–Kier alpha value is -1.52. The molecule has 0 radical (unpaired) electrons. The molecule has 0 heterocycles. The number of nitriles is 2. The minimum absolute atomic E-state index is 0.240. The van der Waals surface area contributed by atoms with Crippen LogP contribution in [0.15, 0.2) is 16.6 Å². The third-order valence-electron chi connectivity index (χ3n) is 3.20. The molecule has 0 saturated carbocycles. The van der Waals surface area contributed by atoms with Gasteiger partial charge in [0.2, 0.25) is 0 Å². The Morgan fingerprint density at radius 3 is 2.71 bits per heavy atom. The minimum Gasteiger partial charge on any atom is -0.496 e. The lowest BCUT2D eigenvalue weighted by Gasteiger charge is -2.27. The van der Waals surface area contributed by atoms with Crippen LogP contribution in [-0.2, 0) is 6.42 Å². The largest absolute Gasteiger partial charge is 0.496 e. The molecule has 1 aromatic rings. The Kier molecular flexibility index (Phi) is 3.36. The molecule has 0 aliphatic heterocycles. The van der Waals surface area contributed by atoms with Crippen molar-refractivity contribution in [1.29, 1.82) is 10.5 Å². The third kappa shape index (κ3) is 1.90. The van der Waals surface area contributed by atoms with Gasteiger partial charge in [0.05, 0.1) is 31.1 Å². The first kappa shape index (κ1) is 12.0. The summed E-state index contributed by atoms with van der Waals surface area (Å²) in [6.07, 6.45) is 1.54. The van der Waals surface area contributed by atoms with Gasteiger partial charge in [0, 0.05) is 10.0 Å². The Morgan fingerprint density at radius 1 is 1.35 bits per heavy atom. The number of fused-ring (bicyclic) bond motifs is 1. The highest BCUT2D eigenvalue weighted by Crippen LogP contribution is 2.43. The molecule has 0 saturated heterocycles. The topological polar surface area (TPSA) is 56.8 Å². The molecule has 0 N–H and O–H groups in total. The lowest BCUT2D eigenvalue weighted by molar-refractivity contribution is 0.396. The van der Waals surface area contributed by atoms with Gasteiger partial charge in [-0.15, -0.1) is 0 Å². The first-order valence-corrected chi connectivity index (χ1v) is 6.16. The Balaban J connectivity index is 2.63. The Bertz CT molecular complexity index is 527. The molecule has 1 aromatic carbocycles. The van der Waals surface area contributed by atoms with Gasteiger partial charge >= 0.3 is 0 Å². The van der Waals surface area contributed by atoms with Crippen LogP contribution in [0.25, 0.3) is 0 Å². The summed E-state index contributed by atoms with van der Waals surface area (Å²) in [4.78, 5) is 0. The molecule has 2 rings (SSSR count). The van der Waals surface area contributed by atoms with E-state index in [-0.39, 0.29) is 5.92 Å². The molecule has 0 bridgehead atoms. The normalized spacial score (nSPS) is 22.1. The number of nitrogens with zero attached hydrogens (tertiary/aromatic N) is 2. The maximum atomic E-state index is 9.28. The molecule has 0 amide bonds. The van der Waals surface area contributed by atoms with E-state index in [1.54, 1.807) is 7.11 Å². The first-order valence-electron chi connectivity index (χ1n) is 5.37. The van der Waals surface area contributed by atoms with Crippen molar-refractivity contribution >= 4 is 15.9 Å². The van der Waals surface area contributed by atoms with Gasteiger partial charge in [-0.2, -0.15) is 10.5 Å². The summed E-state index contributed by atoms with van der Waals surface area (Å²) >= 11 is 3.50. The molecular weight excluding hydrogens is 280 g/mol. The average Bonchev–Trinajstić information content (AvgIpc) is 2.38. The zero-order valence-electron chi connectivity index (χ0n) is 9.40. The van der Waals surface area contributed by atoms with Gasteiger partial charge in [-0.05, 0) is 30.5 Å². The van der Waals surface area contributed by atoms with Crippen LogP contribution in [0.4, 0.5) is 0 Å². The smallest absolute Gasteiger partial charge is 0.123 e. The van der Waals surface area contributed by atoms with Crippen LogP contribution in [0.5, 0.6) is 5.75 Å². The SMILES string of the molecule is COc1ccc(Br)c2c1C(C#N)C(C#N)CC2. The van der Waals surface area contributed by atoms with Gasteiger partial charge in [0.15, 0.2) is 0 Å². The number of methoxy groups -OCH3 is 1. The fourth-order valence-electron chi connectivity index (χ4n) is 2.35. The van der Waals surface area contributed by atoms with E-state index in [2.05, 4.69) is 28.1 Å². The van der Waals surface area contributed by atoms with Gasteiger partial charge in [-0.1, -0.05) is 15.9 Å². The number of halogens is 1. The molecule has 1 aliphatic carbocycles. The predicted molar refractivity (Wildman–Crippen MR) is 66.5 cm³/mol. The first-order chi connectivity index (χ1) is 8.22. The van der Waals surface area contributed by atoms with E-state index in [0.717, 1.165) is 28.4 Å². The standard InChI is InChI=1S/C13H11BrN2O/c1-17-12-5-4-11(14)9-3-2-8(6-15)10(7-16)13(9)12/h4-5,8,10H,2-3H2,1H3. The Morgan fingerprint density at radius 2 is 2.12 bits per heavy atom. The van der Waals surface area contributed by atoms with Gasteiger partial charge in [-0.3, -0.25) is 0 Å². The highest BCUT2D eigenvalue weighted by atomic mass is 79.9. The number of ether oxygens (including phenoxy) is 1. The zero-order chi connectivity index (χ0) is 12.4. The second-order valence-electron chi connectivity index (χ2n) is 4.02. The monoisotopic (exact) mass is 290 g/mol. The molecule has 2 unspecified atom stereocenters. The molecule has 2 atom stereocenters. The highest BCUT2D eigenvalue weighted by molar-refractivity contribution is 9.10. The number of benzene rings is 1. The molecule has 3 nitrogen and oxygen atoms in total. The van der Waals surface area contributed by atoms with Crippen LogP contribution in [0.1, 0.15) is 23.5 Å². The molecule has 4 heteroatoms.